The smallest absolute Gasteiger partial charge is 0.338 e. The number of nitrogens with zero attached hydrogens (tertiary/aromatic N) is 2. The number of amidine groups is 1. The van der Waals surface area contributed by atoms with Crippen molar-refractivity contribution >= 4 is 46.1 Å². The molecule has 9 nitrogen and oxygen atoms in total. The largest absolute Gasteiger partial charge is 0.462 e. The molecule has 1 unspecified atom stereocenters. The summed E-state index contributed by atoms with van der Waals surface area (Å²) in [4.78, 5) is 43.6. The minimum atomic E-state index is -0.641. The van der Waals surface area contributed by atoms with Crippen molar-refractivity contribution in [2.45, 2.75) is 25.5 Å². The number of amides is 2. The van der Waals surface area contributed by atoms with E-state index in [0.29, 0.717) is 40.1 Å². The number of esters is 1. The number of carbonyl (C=O) groups is 3. The van der Waals surface area contributed by atoms with Crippen molar-refractivity contribution in [3.05, 3.63) is 48.0 Å². The molecule has 0 bridgehead atoms. The molecule has 1 fully saturated rings. The molecule has 10 heteroatoms. The van der Waals surface area contributed by atoms with E-state index in [0.717, 1.165) is 0 Å². The van der Waals surface area contributed by atoms with E-state index in [2.05, 4.69) is 10.3 Å². The fourth-order valence-corrected chi connectivity index (χ4v) is 4.51. The van der Waals surface area contributed by atoms with Gasteiger partial charge in [-0.2, -0.15) is 0 Å². The average molecular weight is 470 g/mol. The minimum absolute atomic E-state index is 0.0609. The first-order valence-corrected chi connectivity index (χ1v) is 11.4. The van der Waals surface area contributed by atoms with Crippen LogP contribution in [0.1, 0.15) is 30.6 Å². The molecule has 2 aliphatic rings. The number of fused-ring (bicyclic) bond motifs is 1. The Balaban J connectivity index is 1.48. The summed E-state index contributed by atoms with van der Waals surface area (Å²) in [7, 11) is 0. The predicted octanol–water partition coefficient (Wildman–Crippen LogP) is 3.57. The molecule has 33 heavy (non-hydrogen) atoms. The van der Waals surface area contributed by atoms with E-state index < -0.39 is 11.2 Å². The predicted molar refractivity (Wildman–Crippen MR) is 124 cm³/mol. The van der Waals surface area contributed by atoms with Gasteiger partial charge in [-0.1, -0.05) is 11.8 Å². The lowest BCUT2D eigenvalue weighted by atomic mass is 10.2. The Morgan fingerprint density at radius 1 is 1.15 bits per heavy atom. The van der Waals surface area contributed by atoms with Gasteiger partial charge in [-0.05, 0) is 50.2 Å². The van der Waals surface area contributed by atoms with Crippen molar-refractivity contribution in [3.63, 3.8) is 0 Å². The average Bonchev–Trinajstić information content (AvgIpc) is 3.27. The van der Waals surface area contributed by atoms with Crippen LogP contribution in [0.3, 0.4) is 0 Å². The number of thioether (sulfide) groups is 1. The van der Waals surface area contributed by atoms with Gasteiger partial charge in [0, 0.05) is 24.7 Å². The van der Waals surface area contributed by atoms with Crippen molar-refractivity contribution in [1.29, 1.82) is 0 Å². The number of aliphatic imine (C=N–C) groups is 1. The van der Waals surface area contributed by atoms with Gasteiger partial charge in [0.25, 0.3) is 0 Å². The van der Waals surface area contributed by atoms with Crippen LogP contribution in [0.2, 0.25) is 0 Å². The van der Waals surface area contributed by atoms with Crippen LogP contribution in [0, 0.1) is 0 Å². The highest BCUT2D eigenvalue weighted by molar-refractivity contribution is 8.15. The lowest BCUT2D eigenvalue weighted by molar-refractivity contribution is -0.129. The van der Waals surface area contributed by atoms with Gasteiger partial charge in [0.15, 0.2) is 16.7 Å². The van der Waals surface area contributed by atoms with E-state index in [1.165, 1.54) is 11.8 Å². The SMILES string of the molecule is CCOC(=O)c1ccc(NC(=O)C2CC(=O)N(CC)C(=Nc3ccc4c(c3)OCO4)S2)cc1. The minimum Gasteiger partial charge on any atom is -0.462 e. The summed E-state index contributed by atoms with van der Waals surface area (Å²) < 4.78 is 15.7. The van der Waals surface area contributed by atoms with Crippen LogP contribution in [0.25, 0.3) is 0 Å². The standard InChI is InChI=1S/C23H23N3O6S/c1-3-26-20(27)12-19(21(28)24-15-7-5-14(6-8-15)22(29)30-4-2)33-23(26)25-16-9-10-17-18(11-16)32-13-31-17/h5-11,19H,3-4,12-13H2,1-2H3,(H,24,28). The van der Waals surface area contributed by atoms with Gasteiger partial charge >= 0.3 is 5.97 Å². The van der Waals surface area contributed by atoms with Crippen molar-refractivity contribution in [1.82, 2.24) is 4.90 Å². The second-order valence-corrected chi connectivity index (χ2v) is 8.34. The highest BCUT2D eigenvalue weighted by atomic mass is 32.2. The maximum absolute atomic E-state index is 12.9. The molecule has 0 aromatic heterocycles. The molecule has 2 heterocycles. The van der Waals surface area contributed by atoms with E-state index in [1.54, 1.807) is 54.3 Å². The first-order valence-electron chi connectivity index (χ1n) is 10.5. The van der Waals surface area contributed by atoms with Gasteiger partial charge in [0.1, 0.15) is 5.25 Å². The fourth-order valence-electron chi connectivity index (χ4n) is 3.34. The van der Waals surface area contributed by atoms with E-state index in [9.17, 15) is 14.4 Å². The third-order valence-electron chi connectivity index (χ3n) is 4.99. The Morgan fingerprint density at radius 2 is 1.91 bits per heavy atom. The van der Waals surface area contributed by atoms with Gasteiger partial charge in [0.05, 0.1) is 17.9 Å². The number of hydrogen-bond acceptors (Lipinski definition) is 8. The third kappa shape index (κ3) is 5.11. The molecule has 2 aliphatic heterocycles. The van der Waals surface area contributed by atoms with E-state index in [1.807, 2.05) is 6.92 Å². The third-order valence-corrected chi connectivity index (χ3v) is 6.18. The Hall–Kier alpha value is -3.53. The summed E-state index contributed by atoms with van der Waals surface area (Å²) in [6.07, 6.45) is 0.0609. The topological polar surface area (TPSA) is 107 Å². The molecule has 2 aromatic carbocycles. The van der Waals surface area contributed by atoms with E-state index >= 15 is 0 Å². The molecule has 0 aliphatic carbocycles. The zero-order chi connectivity index (χ0) is 23.4. The monoisotopic (exact) mass is 469 g/mol. The van der Waals surface area contributed by atoms with Crippen molar-refractivity contribution in [2.75, 3.05) is 25.3 Å². The maximum Gasteiger partial charge on any atom is 0.338 e. The highest BCUT2D eigenvalue weighted by Gasteiger charge is 2.35. The van der Waals surface area contributed by atoms with Crippen LogP contribution >= 0.6 is 11.8 Å². The lowest BCUT2D eigenvalue weighted by Gasteiger charge is -2.30. The van der Waals surface area contributed by atoms with Crippen LogP contribution < -0.4 is 14.8 Å². The zero-order valence-electron chi connectivity index (χ0n) is 18.2. The number of anilines is 1. The van der Waals surface area contributed by atoms with Gasteiger partial charge in [0.2, 0.25) is 18.6 Å². The maximum atomic E-state index is 12.9. The van der Waals surface area contributed by atoms with Gasteiger partial charge in [-0.25, -0.2) is 9.79 Å². The summed E-state index contributed by atoms with van der Waals surface area (Å²) in [6.45, 7) is 4.49. The summed E-state index contributed by atoms with van der Waals surface area (Å²) in [5, 5.41) is 2.62. The van der Waals surface area contributed by atoms with Crippen LogP contribution in [-0.2, 0) is 14.3 Å². The quantitative estimate of drug-likeness (QED) is 0.645. The molecule has 0 saturated carbocycles. The highest BCUT2D eigenvalue weighted by Crippen LogP contribution is 2.36. The normalized spacial score (nSPS) is 18.4. The summed E-state index contributed by atoms with van der Waals surface area (Å²) >= 11 is 1.23. The van der Waals surface area contributed by atoms with E-state index in [-0.39, 0.29) is 31.6 Å². The van der Waals surface area contributed by atoms with Gasteiger partial charge in [-0.3, -0.25) is 14.5 Å². The number of hydrogen-bond donors (Lipinski definition) is 1. The second-order valence-electron chi connectivity index (χ2n) is 7.17. The summed E-state index contributed by atoms with van der Waals surface area (Å²) in [5.41, 5.74) is 1.52. The Kier molecular flexibility index (Phi) is 6.83. The fraction of sp³-hybridized carbons (Fsp3) is 0.304. The van der Waals surface area contributed by atoms with Gasteiger partial charge < -0.3 is 19.5 Å². The molecule has 0 radical (unpaired) electrons. The van der Waals surface area contributed by atoms with Crippen LogP contribution in [0.5, 0.6) is 11.5 Å². The first kappa shape index (κ1) is 22.7. The molecule has 172 valence electrons. The number of carbonyl (C=O) groups excluding carboxylic acids is 3. The molecular formula is C23H23N3O6S. The molecule has 2 aromatic rings. The van der Waals surface area contributed by atoms with Crippen molar-refractivity contribution in [3.8, 4) is 11.5 Å². The number of benzene rings is 2. The molecule has 4 rings (SSSR count). The first-order chi connectivity index (χ1) is 16.0. The Morgan fingerprint density at radius 3 is 2.64 bits per heavy atom. The van der Waals surface area contributed by atoms with E-state index in [4.69, 9.17) is 14.2 Å². The Labute approximate surface area is 195 Å². The number of nitrogens with one attached hydrogen (secondary N) is 1. The molecule has 2 amide bonds. The lowest BCUT2D eigenvalue weighted by Crippen LogP contribution is -2.45. The molecular weight excluding hydrogens is 446 g/mol. The van der Waals surface area contributed by atoms with Crippen LogP contribution in [-0.4, -0.2) is 53.0 Å². The van der Waals surface area contributed by atoms with Crippen molar-refractivity contribution < 1.29 is 28.6 Å². The van der Waals surface area contributed by atoms with Gasteiger partial charge in [-0.15, -0.1) is 0 Å². The molecule has 1 saturated heterocycles. The summed E-state index contributed by atoms with van der Waals surface area (Å²) in [6, 6.07) is 11.7. The zero-order valence-corrected chi connectivity index (χ0v) is 19.0. The van der Waals surface area contributed by atoms with Crippen molar-refractivity contribution in [2.24, 2.45) is 4.99 Å². The Bertz CT molecular complexity index is 1100. The van der Waals surface area contributed by atoms with Crippen LogP contribution in [0.4, 0.5) is 11.4 Å². The number of rotatable bonds is 6. The summed E-state index contributed by atoms with van der Waals surface area (Å²) in [5.74, 6) is 0.324. The van der Waals surface area contributed by atoms with Crippen LogP contribution in [0.15, 0.2) is 47.5 Å². The molecule has 0 spiro atoms. The molecule has 1 N–H and O–H groups in total. The number of ether oxygens (including phenoxy) is 3. The molecule has 1 atom stereocenters. The second kappa shape index (κ2) is 9.95.